The SMILES string of the molecule is CN(C)c1ccc(NC(=O)NC2CCCCn3c2n[nH]c3=O)c(C(F)(F)F)c1. The standard InChI is InChI=1S/C17H21F3N6O2/c1-25(2)10-6-7-12(11(9-10)17(18,19)20)21-15(27)22-13-5-3-4-8-26-14(13)23-24-16(26)28/h6-7,9,13H,3-5,8H2,1-2H3,(H,24,28)(H2,21,22,27). The molecule has 1 atom stereocenters. The van der Waals surface area contributed by atoms with E-state index < -0.39 is 23.8 Å². The van der Waals surface area contributed by atoms with Gasteiger partial charge in [0.05, 0.1) is 17.3 Å². The minimum atomic E-state index is -4.63. The van der Waals surface area contributed by atoms with Crippen molar-refractivity contribution in [2.45, 2.75) is 38.0 Å². The van der Waals surface area contributed by atoms with Gasteiger partial charge in [0.2, 0.25) is 0 Å². The summed E-state index contributed by atoms with van der Waals surface area (Å²) in [5.74, 6) is 0.372. The molecule has 0 saturated carbocycles. The van der Waals surface area contributed by atoms with Gasteiger partial charge < -0.3 is 15.5 Å². The van der Waals surface area contributed by atoms with Crippen molar-refractivity contribution in [2.75, 3.05) is 24.3 Å². The van der Waals surface area contributed by atoms with Crippen LogP contribution < -0.4 is 21.2 Å². The number of nitrogens with one attached hydrogen (secondary N) is 3. The van der Waals surface area contributed by atoms with Gasteiger partial charge >= 0.3 is 17.9 Å². The highest BCUT2D eigenvalue weighted by molar-refractivity contribution is 5.90. The van der Waals surface area contributed by atoms with E-state index in [9.17, 15) is 22.8 Å². The summed E-state index contributed by atoms with van der Waals surface area (Å²) in [6.45, 7) is 0.481. The molecule has 0 spiro atoms. The molecule has 2 amide bonds. The normalized spacial score (nSPS) is 16.8. The van der Waals surface area contributed by atoms with Crippen LogP contribution in [-0.4, -0.2) is 34.9 Å². The highest BCUT2D eigenvalue weighted by Crippen LogP contribution is 2.37. The first-order valence-electron chi connectivity index (χ1n) is 8.78. The van der Waals surface area contributed by atoms with E-state index in [2.05, 4.69) is 20.8 Å². The number of amides is 2. The number of carbonyl (C=O) groups excluding carboxylic acids is 1. The molecular weight excluding hydrogens is 377 g/mol. The second-order valence-electron chi connectivity index (χ2n) is 6.81. The van der Waals surface area contributed by atoms with E-state index in [1.165, 1.54) is 16.7 Å². The Labute approximate surface area is 158 Å². The third kappa shape index (κ3) is 4.12. The van der Waals surface area contributed by atoms with Gasteiger partial charge in [-0.15, -0.1) is 0 Å². The predicted octanol–water partition coefficient (Wildman–Crippen LogP) is 2.70. The fourth-order valence-electron chi connectivity index (χ4n) is 3.17. The van der Waals surface area contributed by atoms with Gasteiger partial charge in [0.15, 0.2) is 5.82 Å². The third-order valence-electron chi connectivity index (χ3n) is 4.60. The lowest BCUT2D eigenvalue weighted by atomic mass is 10.1. The Bertz CT molecular complexity index is 918. The molecule has 0 radical (unpaired) electrons. The molecule has 3 rings (SSSR count). The van der Waals surface area contributed by atoms with Crippen molar-refractivity contribution in [2.24, 2.45) is 0 Å². The first kappa shape index (κ1) is 19.8. The van der Waals surface area contributed by atoms with Crippen LogP contribution in [0.5, 0.6) is 0 Å². The van der Waals surface area contributed by atoms with Gasteiger partial charge in [0.1, 0.15) is 0 Å². The van der Waals surface area contributed by atoms with E-state index >= 15 is 0 Å². The molecule has 11 heteroatoms. The van der Waals surface area contributed by atoms with Gasteiger partial charge in [0, 0.05) is 26.3 Å². The first-order valence-corrected chi connectivity index (χ1v) is 8.78. The molecule has 0 saturated heterocycles. The van der Waals surface area contributed by atoms with Crippen LogP contribution >= 0.6 is 0 Å². The fraction of sp³-hybridized carbons (Fsp3) is 0.471. The molecule has 0 aliphatic carbocycles. The molecule has 1 aliphatic heterocycles. The maximum absolute atomic E-state index is 13.4. The number of halogens is 3. The van der Waals surface area contributed by atoms with Crippen molar-refractivity contribution in [3.8, 4) is 0 Å². The Morgan fingerprint density at radius 2 is 2.07 bits per heavy atom. The molecular formula is C17H21F3N6O2. The maximum Gasteiger partial charge on any atom is 0.418 e. The highest BCUT2D eigenvalue weighted by atomic mass is 19.4. The summed E-state index contributed by atoms with van der Waals surface area (Å²) in [4.78, 5) is 25.7. The van der Waals surface area contributed by atoms with E-state index in [1.807, 2.05) is 0 Å². The van der Waals surface area contributed by atoms with E-state index in [-0.39, 0.29) is 11.4 Å². The Morgan fingerprint density at radius 3 is 2.75 bits per heavy atom. The second-order valence-corrected chi connectivity index (χ2v) is 6.81. The number of rotatable bonds is 3. The van der Waals surface area contributed by atoms with E-state index in [0.29, 0.717) is 24.5 Å². The summed E-state index contributed by atoms with van der Waals surface area (Å²) < 4.78 is 41.7. The summed E-state index contributed by atoms with van der Waals surface area (Å²) in [6.07, 6.45) is -2.60. The van der Waals surface area contributed by atoms with Crippen molar-refractivity contribution in [1.82, 2.24) is 20.1 Å². The predicted molar refractivity (Wildman–Crippen MR) is 97.4 cm³/mol. The van der Waals surface area contributed by atoms with Gasteiger partial charge in [-0.1, -0.05) is 0 Å². The molecule has 0 bridgehead atoms. The van der Waals surface area contributed by atoms with Crippen molar-refractivity contribution >= 4 is 17.4 Å². The smallest absolute Gasteiger partial charge is 0.378 e. The van der Waals surface area contributed by atoms with Crippen molar-refractivity contribution < 1.29 is 18.0 Å². The Balaban J connectivity index is 1.81. The minimum Gasteiger partial charge on any atom is -0.378 e. The Morgan fingerprint density at radius 1 is 1.32 bits per heavy atom. The molecule has 8 nitrogen and oxygen atoms in total. The molecule has 0 fully saturated rings. The van der Waals surface area contributed by atoms with Gasteiger partial charge in [-0.25, -0.2) is 14.7 Å². The molecule has 1 aromatic carbocycles. The Hall–Kier alpha value is -2.98. The van der Waals surface area contributed by atoms with E-state index in [4.69, 9.17) is 0 Å². The summed E-state index contributed by atoms with van der Waals surface area (Å²) in [5, 5.41) is 11.2. The summed E-state index contributed by atoms with van der Waals surface area (Å²) in [6, 6.07) is 2.32. The molecule has 28 heavy (non-hydrogen) atoms. The Kier molecular flexibility index (Phi) is 5.34. The molecule has 1 aliphatic rings. The zero-order valence-electron chi connectivity index (χ0n) is 15.4. The van der Waals surface area contributed by atoms with Crippen molar-refractivity contribution in [3.05, 3.63) is 40.1 Å². The number of nitrogens with zero attached hydrogens (tertiary/aromatic N) is 3. The number of H-pyrrole nitrogens is 1. The van der Waals surface area contributed by atoms with Crippen LogP contribution in [0.1, 0.15) is 36.7 Å². The third-order valence-corrected chi connectivity index (χ3v) is 4.60. The molecule has 152 valence electrons. The number of urea groups is 1. The van der Waals surface area contributed by atoms with Gasteiger partial charge in [-0.3, -0.25) is 4.57 Å². The van der Waals surface area contributed by atoms with Crippen LogP contribution in [0.2, 0.25) is 0 Å². The monoisotopic (exact) mass is 398 g/mol. The fourth-order valence-corrected chi connectivity index (χ4v) is 3.17. The largest absolute Gasteiger partial charge is 0.418 e. The van der Waals surface area contributed by atoms with Gasteiger partial charge in [-0.05, 0) is 37.5 Å². The number of alkyl halides is 3. The molecule has 2 heterocycles. The summed E-state index contributed by atoms with van der Waals surface area (Å²) in [7, 11) is 3.26. The number of aromatic nitrogens is 3. The average molecular weight is 398 g/mol. The number of benzene rings is 1. The maximum atomic E-state index is 13.4. The number of carbonyl (C=O) groups is 1. The van der Waals surface area contributed by atoms with Crippen molar-refractivity contribution in [1.29, 1.82) is 0 Å². The molecule has 1 unspecified atom stereocenters. The van der Waals surface area contributed by atoms with Gasteiger partial charge in [-0.2, -0.15) is 18.3 Å². The lowest BCUT2D eigenvalue weighted by Crippen LogP contribution is -2.34. The van der Waals surface area contributed by atoms with E-state index in [0.717, 1.165) is 18.9 Å². The summed E-state index contributed by atoms with van der Waals surface area (Å²) in [5.41, 5.74) is -1.29. The zero-order chi connectivity index (χ0) is 20.5. The van der Waals surface area contributed by atoms with Crippen molar-refractivity contribution in [3.63, 3.8) is 0 Å². The molecule has 2 aromatic rings. The summed E-state index contributed by atoms with van der Waals surface area (Å²) >= 11 is 0. The topological polar surface area (TPSA) is 95.1 Å². The van der Waals surface area contributed by atoms with Crippen LogP contribution in [0.15, 0.2) is 23.0 Å². The number of anilines is 2. The van der Waals surface area contributed by atoms with Crippen LogP contribution in [-0.2, 0) is 12.7 Å². The number of hydrogen-bond donors (Lipinski definition) is 3. The lowest BCUT2D eigenvalue weighted by molar-refractivity contribution is -0.136. The minimum absolute atomic E-state index is 0.344. The average Bonchev–Trinajstić information content (AvgIpc) is 2.85. The van der Waals surface area contributed by atoms with Gasteiger partial charge in [0.25, 0.3) is 0 Å². The quantitative estimate of drug-likeness (QED) is 0.741. The van der Waals surface area contributed by atoms with Crippen LogP contribution in [0.3, 0.4) is 0 Å². The number of hydrogen-bond acceptors (Lipinski definition) is 4. The molecule has 3 N–H and O–H groups in total. The highest BCUT2D eigenvalue weighted by Gasteiger charge is 2.35. The first-order chi connectivity index (χ1) is 13.2. The zero-order valence-corrected chi connectivity index (χ0v) is 15.4. The second kappa shape index (κ2) is 7.56. The number of fused-ring (bicyclic) bond motifs is 1. The number of aromatic amines is 1. The molecule has 1 aromatic heterocycles. The van der Waals surface area contributed by atoms with Crippen LogP contribution in [0, 0.1) is 0 Å². The van der Waals surface area contributed by atoms with Crippen LogP contribution in [0.4, 0.5) is 29.3 Å². The van der Waals surface area contributed by atoms with E-state index in [1.54, 1.807) is 19.0 Å². The lowest BCUT2D eigenvalue weighted by Gasteiger charge is -2.20. The van der Waals surface area contributed by atoms with Crippen LogP contribution in [0.25, 0.3) is 0 Å².